The summed E-state index contributed by atoms with van der Waals surface area (Å²) < 4.78 is 11.0. The van der Waals surface area contributed by atoms with Crippen LogP contribution in [0.3, 0.4) is 0 Å². The van der Waals surface area contributed by atoms with Crippen LogP contribution in [0.2, 0.25) is 0 Å². The Hall–Kier alpha value is -1.13. The number of hydrogen-bond acceptors (Lipinski definition) is 4. The Labute approximate surface area is 116 Å². The van der Waals surface area contributed by atoms with Gasteiger partial charge >= 0.3 is 0 Å². The molecule has 0 aliphatic rings. The molecule has 1 atom stereocenters. The van der Waals surface area contributed by atoms with Crippen molar-refractivity contribution in [3.63, 3.8) is 0 Å². The van der Waals surface area contributed by atoms with Gasteiger partial charge in [0.25, 0.3) is 0 Å². The fraction of sp³-hybridized carbons (Fsp3) is 0.667. The fourth-order valence-electron chi connectivity index (χ4n) is 1.79. The van der Waals surface area contributed by atoms with E-state index in [-0.39, 0.29) is 6.10 Å². The van der Waals surface area contributed by atoms with E-state index in [9.17, 15) is 0 Å². The first-order valence-electron chi connectivity index (χ1n) is 6.84. The third-order valence-electron chi connectivity index (χ3n) is 2.68. The highest BCUT2D eigenvalue weighted by Gasteiger charge is 2.09. The number of pyridine rings is 1. The molecule has 0 saturated heterocycles. The van der Waals surface area contributed by atoms with Crippen LogP contribution in [0.5, 0.6) is 5.75 Å². The van der Waals surface area contributed by atoms with Gasteiger partial charge in [-0.3, -0.25) is 4.98 Å². The molecule has 0 amide bonds. The van der Waals surface area contributed by atoms with Crippen molar-refractivity contribution >= 4 is 0 Å². The van der Waals surface area contributed by atoms with Crippen LogP contribution < -0.4 is 10.1 Å². The monoisotopic (exact) mass is 266 g/mol. The van der Waals surface area contributed by atoms with Crippen LogP contribution in [-0.4, -0.2) is 31.3 Å². The van der Waals surface area contributed by atoms with Gasteiger partial charge in [0.1, 0.15) is 11.9 Å². The van der Waals surface area contributed by atoms with Crippen molar-refractivity contribution in [3.8, 4) is 5.75 Å². The minimum atomic E-state index is 0.0376. The molecule has 4 nitrogen and oxygen atoms in total. The maximum atomic E-state index is 5.92. The van der Waals surface area contributed by atoms with Gasteiger partial charge in [0.15, 0.2) is 0 Å². The zero-order chi connectivity index (χ0) is 14.3. The van der Waals surface area contributed by atoms with Crippen molar-refractivity contribution < 1.29 is 9.47 Å². The maximum absolute atomic E-state index is 5.92. The van der Waals surface area contributed by atoms with E-state index in [0.29, 0.717) is 12.5 Å². The predicted molar refractivity (Wildman–Crippen MR) is 77.5 cm³/mol. The van der Waals surface area contributed by atoms with E-state index < -0.39 is 0 Å². The Balaban J connectivity index is 2.68. The van der Waals surface area contributed by atoms with Crippen LogP contribution in [0.4, 0.5) is 0 Å². The molecule has 0 aliphatic heterocycles. The van der Waals surface area contributed by atoms with Crippen molar-refractivity contribution in [1.82, 2.24) is 10.3 Å². The van der Waals surface area contributed by atoms with Gasteiger partial charge in [-0.05, 0) is 26.3 Å². The summed E-state index contributed by atoms with van der Waals surface area (Å²) in [6.07, 6.45) is 1.92. The number of ether oxygens (including phenoxy) is 2. The van der Waals surface area contributed by atoms with E-state index in [2.05, 4.69) is 24.1 Å². The lowest BCUT2D eigenvalue weighted by Crippen LogP contribution is -2.22. The lowest BCUT2D eigenvalue weighted by atomic mass is 10.2. The normalized spacial score (nSPS) is 12.7. The molecule has 1 rings (SSSR count). The van der Waals surface area contributed by atoms with Crippen LogP contribution in [0.1, 0.15) is 32.0 Å². The van der Waals surface area contributed by atoms with Gasteiger partial charge in [-0.15, -0.1) is 0 Å². The second-order valence-electron chi connectivity index (χ2n) is 5.34. The van der Waals surface area contributed by atoms with Crippen molar-refractivity contribution in [2.24, 2.45) is 5.92 Å². The molecule has 1 aromatic rings. The second kappa shape index (κ2) is 8.12. The molecule has 0 aromatic carbocycles. The Kier molecular flexibility index (Phi) is 6.81. The molecular weight excluding hydrogens is 240 g/mol. The molecule has 0 bridgehead atoms. The van der Waals surface area contributed by atoms with E-state index in [1.54, 1.807) is 7.11 Å². The van der Waals surface area contributed by atoms with E-state index in [0.717, 1.165) is 30.1 Å². The average Bonchev–Trinajstić information content (AvgIpc) is 2.31. The number of rotatable bonds is 8. The molecule has 0 saturated carbocycles. The van der Waals surface area contributed by atoms with E-state index >= 15 is 0 Å². The maximum Gasteiger partial charge on any atom is 0.127 e. The molecular formula is C15H26N2O2. The molecule has 1 aromatic heterocycles. The van der Waals surface area contributed by atoms with E-state index in [1.165, 1.54) is 0 Å². The first-order valence-corrected chi connectivity index (χ1v) is 6.84. The van der Waals surface area contributed by atoms with Gasteiger partial charge in [0.2, 0.25) is 0 Å². The summed E-state index contributed by atoms with van der Waals surface area (Å²) in [7, 11) is 1.68. The molecule has 0 radical (unpaired) electrons. The highest BCUT2D eigenvalue weighted by Crippen LogP contribution is 2.20. The summed E-state index contributed by atoms with van der Waals surface area (Å²) in [5.74, 6) is 1.53. The minimum absolute atomic E-state index is 0.0376. The topological polar surface area (TPSA) is 43.4 Å². The number of hydrogen-bond donors (Lipinski definition) is 1. The lowest BCUT2D eigenvalue weighted by molar-refractivity contribution is 0.0912. The zero-order valence-electron chi connectivity index (χ0n) is 12.7. The summed E-state index contributed by atoms with van der Waals surface area (Å²) in [6, 6.07) is 1.98. The first kappa shape index (κ1) is 15.9. The molecule has 0 spiro atoms. The van der Waals surface area contributed by atoms with Gasteiger partial charge < -0.3 is 14.8 Å². The Morgan fingerprint density at radius 1 is 1.32 bits per heavy atom. The molecule has 108 valence electrons. The predicted octanol–water partition coefficient (Wildman–Crippen LogP) is 2.55. The van der Waals surface area contributed by atoms with Gasteiger partial charge in [-0.1, -0.05) is 13.8 Å². The number of nitrogens with zero attached hydrogens (tertiary/aromatic N) is 1. The zero-order valence-corrected chi connectivity index (χ0v) is 12.7. The van der Waals surface area contributed by atoms with Crippen molar-refractivity contribution in [1.29, 1.82) is 0 Å². The number of nitrogens with one attached hydrogen (secondary N) is 1. The van der Waals surface area contributed by atoms with E-state index in [1.807, 2.05) is 26.1 Å². The highest BCUT2D eigenvalue weighted by molar-refractivity contribution is 5.33. The fourth-order valence-corrected chi connectivity index (χ4v) is 1.79. The number of aromatic nitrogens is 1. The average molecular weight is 266 g/mol. The number of aryl methyl sites for hydroxylation is 1. The van der Waals surface area contributed by atoms with Gasteiger partial charge in [-0.2, -0.15) is 0 Å². The van der Waals surface area contributed by atoms with Gasteiger partial charge in [0.05, 0.1) is 6.61 Å². The summed E-state index contributed by atoms with van der Waals surface area (Å²) in [6.45, 7) is 10.7. The smallest absolute Gasteiger partial charge is 0.127 e. The van der Waals surface area contributed by atoms with Crippen LogP contribution in [0, 0.1) is 12.8 Å². The third kappa shape index (κ3) is 6.03. The largest absolute Gasteiger partial charge is 0.488 e. The summed E-state index contributed by atoms with van der Waals surface area (Å²) in [5.41, 5.74) is 2.06. The highest BCUT2D eigenvalue weighted by atomic mass is 16.5. The molecule has 1 heterocycles. The molecule has 19 heavy (non-hydrogen) atoms. The summed E-state index contributed by atoms with van der Waals surface area (Å²) in [4.78, 5) is 4.34. The van der Waals surface area contributed by atoms with Crippen molar-refractivity contribution in [2.45, 2.75) is 40.3 Å². The Bertz CT molecular complexity index is 380. The van der Waals surface area contributed by atoms with Gasteiger partial charge in [-0.25, -0.2) is 0 Å². The summed E-state index contributed by atoms with van der Waals surface area (Å²) in [5, 5.41) is 3.41. The molecule has 1 unspecified atom stereocenters. The van der Waals surface area contributed by atoms with Gasteiger partial charge in [0, 0.05) is 37.2 Å². The van der Waals surface area contributed by atoms with E-state index in [4.69, 9.17) is 9.47 Å². The second-order valence-corrected chi connectivity index (χ2v) is 5.34. The lowest BCUT2D eigenvalue weighted by Gasteiger charge is -2.17. The molecule has 1 N–H and O–H groups in total. The molecule has 0 aliphatic carbocycles. The molecule has 0 fully saturated rings. The Morgan fingerprint density at radius 3 is 2.68 bits per heavy atom. The van der Waals surface area contributed by atoms with Crippen molar-refractivity contribution in [2.75, 3.05) is 20.3 Å². The molecule has 4 heteroatoms. The van der Waals surface area contributed by atoms with Crippen LogP contribution in [0.15, 0.2) is 12.3 Å². The SMILES string of the molecule is COCC(C)Oc1cc(C)ncc1CNCC(C)C. The third-order valence-corrected chi connectivity index (χ3v) is 2.68. The Morgan fingerprint density at radius 2 is 2.05 bits per heavy atom. The summed E-state index contributed by atoms with van der Waals surface area (Å²) >= 11 is 0. The van der Waals surface area contributed by atoms with Crippen LogP contribution in [0.25, 0.3) is 0 Å². The first-order chi connectivity index (χ1) is 9.02. The standard InChI is InChI=1S/C15H26N2O2/c1-11(2)7-16-8-14-9-17-12(3)6-15(14)19-13(4)10-18-5/h6,9,11,13,16H,7-8,10H2,1-5H3. The van der Waals surface area contributed by atoms with Crippen LogP contribution in [-0.2, 0) is 11.3 Å². The quantitative estimate of drug-likeness (QED) is 0.785. The van der Waals surface area contributed by atoms with Crippen LogP contribution >= 0.6 is 0 Å². The number of methoxy groups -OCH3 is 1. The minimum Gasteiger partial charge on any atom is -0.488 e. The van der Waals surface area contributed by atoms with Crippen molar-refractivity contribution in [3.05, 3.63) is 23.5 Å².